The first kappa shape index (κ1) is 17.3. The van der Waals surface area contributed by atoms with Gasteiger partial charge in [0.15, 0.2) is 0 Å². The maximum absolute atomic E-state index is 11.9. The zero-order chi connectivity index (χ0) is 17.0. The molecule has 2 heterocycles. The lowest BCUT2D eigenvalue weighted by Crippen LogP contribution is -2.44. The number of amides is 2. The number of methoxy groups -OCH3 is 1. The lowest BCUT2D eigenvalue weighted by atomic mass is 9.89. The molecule has 0 aliphatic heterocycles. The number of rotatable bonds is 5. The van der Waals surface area contributed by atoms with Gasteiger partial charge >= 0.3 is 6.03 Å². The monoisotopic (exact) mass is 318 g/mol. The highest BCUT2D eigenvalue weighted by atomic mass is 16.5. The molecule has 0 fully saturated rings. The molecule has 2 rings (SSSR count). The summed E-state index contributed by atoms with van der Waals surface area (Å²) >= 11 is 0. The molecule has 2 aromatic heterocycles. The molecular formula is C17H26N4O2. The van der Waals surface area contributed by atoms with Crippen molar-refractivity contribution in [3.05, 3.63) is 35.8 Å². The van der Waals surface area contributed by atoms with Crippen LogP contribution in [-0.2, 0) is 11.3 Å². The third kappa shape index (κ3) is 4.45. The number of fused-ring (bicyclic) bond motifs is 1. The van der Waals surface area contributed by atoms with Crippen molar-refractivity contribution < 1.29 is 9.53 Å². The first-order valence-corrected chi connectivity index (χ1v) is 7.79. The van der Waals surface area contributed by atoms with Gasteiger partial charge in [0.1, 0.15) is 5.65 Å². The van der Waals surface area contributed by atoms with Crippen molar-refractivity contribution in [1.29, 1.82) is 0 Å². The third-order valence-corrected chi connectivity index (χ3v) is 3.87. The van der Waals surface area contributed by atoms with Gasteiger partial charge in [-0.1, -0.05) is 26.8 Å². The number of nitrogens with zero attached hydrogens (tertiary/aromatic N) is 2. The van der Waals surface area contributed by atoms with E-state index in [0.717, 1.165) is 17.0 Å². The fourth-order valence-corrected chi connectivity index (χ4v) is 2.45. The van der Waals surface area contributed by atoms with Crippen LogP contribution in [0.5, 0.6) is 0 Å². The van der Waals surface area contributed by atoms with Crippen LogP contribution in [0.25, 0.3) is 5.65 Å². The summed E-state index contributed by atoms with van der Waals surface area (Å²) in [5.74, 6) is 0. The maximum Gasteiger partial charge on any atom is 0.315 e. The van der Waals surface area contributed by atoms with Gasteiger partial charge in [-0.15, -0.1) is 0 Å². The van der Waals surface area contributed by atoms with Crippen molar-refractivity contribution in [3.63, 3.8) is 0 Å². The minimum absolute atomic E-state index is 0.0266. The standard InChI is InChI=1S/C17H26N4O2/c1-12-7-6-8-15-20-13(11-21(12)15)9-18-16(22)19-10-14(23-5)17(2,3)4/h6-8,11,14H,9-10H2,1-5H3,(H2,18,19,22). The predicted octanol–water partition coefficient (Wildman–Crippen LogP) is 2.50. The van der Waals surface area contributed by atoms with Crippen molar-refractivity contribution in [2.45, 2.75) is 40.3 Å². The topological polar surface area (TPSA) is 67.7 Å². The molecule has 2 N–H and O–H groups in total. The Morgan fingerprint density at radius 2 is 2.09 bits per heavy atom. The summed E-state index contributed by atoms with van der Waals surface area (Å²) in [5, 5.41) is 5.67. The van der Waals surface area contributed by atoms with E-state index in [4.69, 9.17) is 4.74 Å². The number of urea groups is 1. The molecule has 6 nitrogen and oxygen atoms in total. The molecule has 0 bridgehead atoms. The highest BCUT2D eigenvalue weighted by molar-refractivity contribution is 5.73. The van der Waals surface area contributed by atoms with Crippen molar-refractivity contribution in [3.8, 4) is 0 Å². The predicted molar refractivity (Wildman–Crippen MR) is 90.4 cm³/mol. The molecule has 0 aromatic carbocycles. The molecule has 2 amide bonds. The van der Waals surface area contributed by atoms with Crippen molar-refractivity contribution in [2.75, 3.05) is 13.7 Å². The van der Waals surface area contributed by atoms with Crippen LogP contribution in [-0.4, -0.2) is 35.2 Å². The molecule has 6 heteroatoms. The van der Waals surface area contributed by atoms with E-state index in [1.54, 1.807) is 7.11 Å². The van der Waals surface area contributed by atoms with Crippen LogP contribution < -0.4 is 10.6 Å². The highest BCUT2D eigenvalue weighted by Crippen LogP contribution is 2.20. The van der Waals surface area contributed by atoms with Gasteiger partial charge in [0.25, 0.3) is 0 Å². The summed E-state index contributed by atoms with van der Waals surface area (Å²) in [7, 11) is 1.66. The number of nitrogens with one attached hydrogen (secondary N) is 2. The fourth-order valence-electron chi connectivity index (χ4n) is 2.45. The second-order valence-corrected chi connectivity index (χ2v) is 6.78. The number of hydrogen-bond acceptors (Lipinski definition) is 3. The Morgan fingerprint density at radius 1 is 1.35 bits per heavy atom. The molecule has 0 radical (unpaired) electrons. The summed E-state index contributed by atoms with van der Waals surface area (Å²) in [5.41, 5.74) is 2.79. The second kappa shape index (κ2) is 7.00. The zero-order valence-electron chi connectivity index (χ0n) is 14.5. The molecule has 1 unspecified atom stereocenters. The SMILES string of the molecule is COC(CNC(=O)NCc1cn2c(C)cccc2n1)C(C)(C)C. The lowest BCUT2D eigenvalue weighted by Gasteiger charge is -2.29. The Kier molecular flexibility index (Phi) is 5.26. The normalized spacial score (nSPS) is 13.1. The van der Waals surface area contributed by atoms with Gasteiger partial charge in [0.2, 0.25) is 0 Å². The minimum Gasteiger partial charge on any atom is -0.379 e. The molecule has 1 atom stereocenters. The van der Waals surface area contributed by atoms with Crippen molar-refractivity contribution in [1.82, 2.24) is 20.0 Å². The Bertz CT molecular complexity index is 673. The summed E-state index contributed by atoms with van der Waals surface area (Å²) < 4.78 is 7.43. The lowest BCUT2D eigenvalue weighted by molar-refractivity contribution is 0.0194. The number of carbonyl (C=O) groups excluding carboxylic acids is 1. The Labute approximate surface area is 137 Å². The van der Waals surface area contributed by atoms with E-state index in [2.05, 4.69) is 36.4 Å². The minimum atomic E-state index is -0.218. The summed E-state index contributed by atoms with van der Waals surface area (Å²) in [4.78, 5) is 16.4. The van der Waals surface area contributed by atoms with Gasteiger partial charge in [-0.25, -0.2) is 9.78 Å². The van der Waals surface area contributed by atoms with E-state index >= 15 is 0 Å². The second-order valence-electron chi connectivity index (χ2n) is 6.78. The zero-order valence-corrected chi connectivity index (χ0v) is 14.5. The molecule has 2 aromatic rings. The van der Waals surface area contributed by atoms with E-state index in [1.165, 1.54) is 0 Å². The van der Waals surface area contributed by atoms with Crippen LogP contribution in [0.4, 0.5) is 4.79 Å². The van der Waals surface area contributed by atoms with E-state index < -0.39 is 0 Å². The van der Waals surface area contributed by atoms with Gasteiger partial charge in [-0.05, 0) is 24.5 Å². The fraction of sp³-hybridized carbons (Fsp3) is 0.529. The maximum atomic E-state index is 11.9. The number of hydrogen-bond donors (Lipinski definition) is 2. The molecule has 0 saturated carbocycles. The molecule has 0 aliphatic carbocycles. The third-order valence-electron chi connectivity index (χ3n) is 3.87. The Hall–Kier alpha value is -2.08. The summed E-state index contributed by atoms with van der Waals surface area (Å²) in [6.07, 6.45) is 1.91. The van der Waals surface area contributed by atoms with Crippen molar-refractivity contribution >= 4 is 11.7 Å². The number of carbonyl (C=O) groups is 1. The molecule has 23 heavy (non-hydrogen) atoms. The van der Waals surface area contributed by atoms with Crippen LogP contribution in [0, 0.1) is 12.3 Å². The molecule has 0 spiro atoms. The van der Waals surface area contributed by atoms with E-state index in [0.29, 0.717) is 13.1 Å². The van der Waals surface area contributed by atoms with E-state index in [-0.39, 0.29) is 17.6 Å². The van der Waals surface area contributed by atoms with Crippen LogP contribution in [0.2, 0.25) is 0 Å². The number of ether oxygens (including phenoxy) is 1. The number of imidazole rings is 1. The molecule has 126 valence electrons. The largest absolute Gasteiger partial charge is 0.379 e. The van der Waals surface area contributed by atoms with E-state index in [9.17, 15) is 4.79 Å². The molecule has 0 aliphatic rings. The van der Waals surface area contributed by atoms with Crippen LogP contribution >= 0.6 is 0 Å². The summed E-state index contributed by atoms with van der Waals surface area (Å²) in [6.45, 7) is 9.13. The first-order valence-electron chi connectivity index (χ1n) is 7.79. The van der Waals surface area contributed by atoms with Gasteiger partial charge in [-0.2, -0.15) is 0 Å². The van der Waals surface area contributed by atoms with Gasteiger partial charge < -0.3 is 19.8 Å². The summed E-state index contributed by atoms with van der Waals surface area (Å²) in [6, 6.07) is 5.72. The smallest absolute Gasteiger partial charge is 0.315 e. The first-order chi connectivity index (χ1) is 10.8. The number of aryl methyl sites for hydroxylation is 1. The number of aromatic nitrogens is 2. The Balaban J connectivity index is 1.87. The van der Waals surface area contributed by atoms with Crippen molar-refractivity contribution in [2.24, 2.45) is 5.41 Å². The average Bonchev–Trinajstić information content (AvgIpc) is 2.89. The highest BCUT2D eigenvalue weighted by Gasteiger charge is 2.24. The van der Waals surface area contributed by atoms with Crippen LogP contribution in [0.3, 0.4) is 0 Å². The van der Waals surface area contributed by atoms with Gasteiger partial charge in [-0.3, -0.25) is 0 Å². The van der Waals surface area contributed by atoms with E-state index in [1.807, 2.05) is 35.7 Å². The number of pyridine rings is 1. The van der Waals surface area contributed by atoms with Gasteiger partial charge in [0, 0.05) is 25.5 Å². The van der Waals surface area contributed by atoms with Crippen LogP contribution in [0.1, 0.15) is 32.2 Å². The Morgan fingerprint density at radius 3 is 2.70 bits per heavy atom. The molecule has 0 saturated heterocycles. The van der Waals surface area contributed by atoms with Crippen LogP contribution in [0.15, 0.2) is 24.4 Å². The molecular weight excluding hydrogens is 292 g/mol. The van der Waals surface area contributed by atoms with Gasteiger partial charge in [0.05, 0.1) is 18.3 Å². The quantitative estimate of drug-likeness (QED) is 0.890. The average molecular weight is 318 g/mol.